The molecule has 196 valence electrons. The fraction of sp³-hybridized carbons (Fsp3) is 0.367. The second kappa shape index (κ2) is 10.3. The van der Waals surface area contributed by atoms with E-state index in [9.17, 15) is 25.2 Å². The monoisotopic (exact) mass is 522 g/mol. The van der Waals surface area contributed by atoms with Crippen molar-refractivity contribution in [2.75, 3.05) is 0 Å². The molecule has 4 rings (SSSR count). The minimum absolute atomic E-state index is 0.104. The van der Waals surface area contributed by atoms with Crippen LogP contribution in [0.25, 0.3) is 0 Å². The number of carbonyl (C=O) groups is 1. The lowest BCUT2D eigenvalue weighted by Crippen LogP contribution is -2.86. The third-order valence-corrected chi connectivity index (χ3v) is 8.01. The predicted octanol–water partition coefficient (Wildman–Crippen LogP) is 2.90. The molecule has 3 aromatic carbocycles. The van der Waals surface area contributed by atoms with Crippen molar-refractivity contribution in [3.8, 4) is 0 Å². The maximum absolute atomic E-state index is 13.1. The van der Waals surface area contributed by atoms with Crippen molar-refractivity contribution in [1.82, 2.24) is 0 Å². The van der Waals surface area contributed by atoms with Gasteiger partial charge in [-0.05, 0) is 30.5 Å². The summed E-state index contributed by atoms with van der Waals surface area (Å²) in [5.41, 5.74) is -5.43. The normalized spacial score (nSPS) is 32.6. The summed E-state index contributed by atoms with van der Waals surface area (Å²) in [5.74, 6) is -0.814. The Morgan fingerprint density at radius 3 is 1.73 bits per heavy atom. The molecule has 0 spiro atoms. The Labute approximate surface area is 223 Å². The van der Waals surface area contributed by atoms with Crippen LogP contribution in [0.5, 0.6) is 0 Å². The van der Waals surface area contributed by atoms with Crippen LogP contribution in [0.1, 0.15) is 30.5 Å². The SMILES string of the molecule is CC(=O)[C@]1(O)[C@](O)(Cc2ccccc2)[C@@](O)(Cc2ccccc2)[C@@H](C(O)Cc2ccccc2)O[C@]1(C)S. The molecule has 0 aromatic heterocycles. The molecule has 3 aromatic rings. The molecule has 37 heavy (non-hydrogen) atoms. The molecule has 7 heteroatoms. The molecule has 1 aliphatic rings. The van der Waals surface area contributed by atoms with E-state index in [2.05, 4.69) is 12.6 Å². The van der Waals surface area contributed by atoms with Gasteiger partial charge in [-0.2, -0.15) is 0 Å². The van der Waals surface area contributed by atoms with Gasteiger partial charge in [-0.15, -0.1) is 12.6 Å². The van der Waals surface area contributed by atoms with Crippen molar-refractivity contribution in [3.63, 3.8) is 0 Å². The third-order valence-electron chi connectivity index (χ3n) is 7.58. The summed E-state index contributed by atoms with van der Waals surface area (Å²) in [5, 5.41) is 48.6. The standard InChI is InChI=1S/C30H34O6S/c1-21(31)30(35)27(2,37)36-26(25(32)18-22-12-6-3-7-13-22)28(33,19-23-14-8-4-9-15-23)29(30,34)20-24-16-10-5-11-17-24/h3-17,25-26,32-35,37H,18-20H2,1-2H3/t25?,26-,27-,28-,29+,30-/m1/s1. The second-order valence-corrected chi connectivity index (χ2v) is 11.0. The van der Waals surface area contributed by atoms with Crippen molar-refractivity contribution in [2.45, 2.75) is 67.1 Å². The minimum Gasteiger partial charge on any atom is -0.390 e. The lowest BCUT2D eigenvalue weighted by atomic mass is 9.57. The van der Waals surface area contributed by atoms with Gasteiger partial charge in [0.05, 0.1) is 6.10 Å². The Balaban J connectivity index is 1.92. The Bertz CT molecular complexity index is 1200. The summed E-state index contributed by atoms with van der Waals surface area (Å²) in [4.78, 5) is 11.2. The van der Waals surface area contributed by atoms with Crippen molar-refractivity contribution in [3.05, 3.63) is 108 Å². The number of aliphatic hydroxyl groups excluding tert-OH is 1. The largest absolute Gasteiger partial charge is 0.390 e. The topological polar surface area (TPSA) is 107 Å². The van der Waals surface area contributed by atoms with E-state index in [1.54, 1.807) is 54.6 Å². The van der Waals surface area contributed by atoms with Crippen molar-refractivity contribution in [2.24, 2.45) is 0 Å². The predicted molar refractivity (Wildman–Crippen MR) is 144 cm³/mol. The van der Waals surface area contributed by atoms with Gasteiger partial charge in [0.1, 0.15) is 22.2 Å². The van der Waals surface area contributed by atoms with Crippen LogP contribution in [0.15, 0.2) is 91.0 Å². The maximum Gasteiger partial charge on any atom is 0.192 e. The first kappa shape index (κ1) is 27.5. The fourth-order valence-corrected chi connectivity index (χ4v) is 6.12. The number of benzene rings is 3. The molecule has 0 bridgehead atoms. The van der Waals surface area contributed by atoms with Crippen molar-refractivity contribution in [1.29, 1.82) is 0 Å². The molecule has 6 atom stereocenters. The third kappa shape index (κ3) is 4.76. The number of ether oxygens (including phenoxy) is 1. The average Bonchev–Trinajstić information content (AvgIpc) is 2.87. The zero-order valence-electron chi connectivity index (χ0n) is 21.0. The fourth-order valence-electron chi connectivity index (χ4n) is 5.67. The molecule has 1 unspecified atom stereocenters. The Morgan fingerprint density at radius 2 is 1.27 bits per heavy atom. The van der Waals surface area contributed by atoms with Crippen molar-refractivity contribution < 1.29 is 30.0 Å². The highest BCUT2D eigenvalue weighted by molar-refractivity contribution is 7.81. The summed E-state index contributed by atoms with van der Waals surface area (Å²) in [6, 6.07) is 26.9. The van der Waals surface area contributed by atoms with Crippen LogP contribution in [0.3, 0.4) is 0 Å². The molecule has 4 N–H and O–H groups in total. The average molecular weight is 523 g/mol. The number of hydrogen-bond acceptors (Lipinski definition) is 7. The van der Waals surface area contributed by atoms with Crippen molar-refractivity contribution >= 4 is 18.4 Å². The second-order valence-electron chi connectivity index (χ2n) is 10.2. The molecule has 1 fully saturated rings. The van der Waals surface area contributed by atoms with Gasteiger partial charge in [0.2, 0.25) is 0 Å². The number of Topliss-reactive ketones (excluding diaryl/α,β-unsaturated/α-hetero) is 1. The summed E-state index contributed by atoms with van der Waals surface area (Å²) < 4.78 is 6.14. The summed E-state index contributed by atoms with van der Waals surface area (Å²) in [6.07, 6.45) is -3.11. The van der Waals surface area contributed by atoms with Crippen LogP contribution < -0.4 is 0 Å². The highest BCUT2D eigenvalue weighted by atomic mass is 32.1. The molecule has 0 saturated carbocycles. The zero-order chi connectivity index (χ0) is 26.9. The Kier molecular flexibility index (Phi) is 7.68. The van der Waals surface area contributed by atoms with Gasteiger partial charge >= 0.3 is 0 Å². The summed E-state index contributed by atoms with van der Waals surface area (Å²) in [6.45, 7) is 2.51. The number of ketones is 1. The quantitative estimate of drug-likeness (QED) is 0.291. The van der Waals surface area contributed by atoms with Crippen LogP contribution in [0.4, 0.5) is 0 Å². The van der Waals surface area contributed by atoms with Gasteiger partial charge in [0, 0.05) is 19.3 Å². The molecule has 0 radical (unpaired) electrons. The van der Waals surface area contributed by atoms with Gasteiger partial charge in [-0.25, -0.2) is 0 Å². The van der Waals surface area contributed by atoms with E-state index in [0.717, 1.165) is 12.5 Å². The number of aliphatic hydroxyl groups is 4. The highest BCUT2D eigenvalue weighted by Gasteiger charge is 2.77. The lowest BCUT2D eigenvalue weighted by Gasteiger charge is -2.63. The summed E-state index contributed by atoms with van der Waals surface area (Å²) >= 11 is 4.53. The van der Waals surface area contributed by atoms with Gasteiger partial charge in [0.15, 0.2) is 11.4 Å². The molecular formula is C30H34O6S. The van der Waals surface area contributed by atoms with Crippen LogP contribution in [-0.4, -0.2) is 60.2 Å². The molecular weight excluding hydrogens is 488 g/mol. The van der Waals surface area contributed by atoms with E-state index in [4.69, 9.17) is 4.74 Å². The molecule has 1 saturated heterocycles. The number of hydrogen-bond donors (Lipinski definition) is 5. The van der Waals surface area contributed by atoms with Crippen LogP contribution >= 0.6 is 12.6 Å². The number of rotatable bonds is 8. The van der Waals surface area contributed by atoms with Gasteiger partial charge < -0.3 is 25.2 Å². The van der Waals surface area contributed by atoms with Gasteiger partial charge in [-0.3, -0.25) is 4.79 Å². The highest BCUT2D eigenvalue weighted by Crippen LogP contribution is 2.54. The van der Waals surface area contributed by atoms with E-state index in [1.807, 2.05) is 36.4 Å². The first-order chi connectivity index (χ1) is 17.4. The molecule has 1 aliphatic heterocycles. The number of thiol groups is 1. The van der Waals surface area contributed by atoms with E-state index < -0.39 is 39.7 Å². The molecule has 1 heterocycles. The first-order valence-corrected chi connectivity index (χ1v) is 12.8. The Hall–Kier alpha value is -2.52. The molecule has 0 aliphatic carbocycles. The van der Waals surface area contributed by atoms with E-state index >= 15 is 0 Å². The lowest BCUT2D eigenvalue weighted by molar-refractivity contribution is -0.359. The van der Waals surface area contributed by atoms with E-state index in [1.165, 1.54) is 6.92 Å². The first-order valence-electron chi connectivity index (χ1n) is 12.3. The van der Waals surface area contributed by atoms with E-state index in [-0.39, 0.29) is 19.3 Å². The van der Waals surface area contributed by atoms with Crippen LogP contribution in [0, 0.1) is 0 Å². The van der Waals surface area contributed by atoms with E-state index in [0.29, 0.717) is 11.1 Å². The maximum atomic E-state index is 13.1. The van der Waals surface area contributed by atoms with Crippen LogP contribution in [-0.2, 0) is 28.8 Å². The van der Waals surface area contributed by atoms with Crippen LogP contribution in [0.2, 0.25) is 0 Å². The molecule has 0 amide bonds. The zero-order valence-corrected chi connectivity index (χ0v) is 21.9. The van der Waals surface area contributed by atoms with Gasteiger partial charge in [0.25, 0.3) is 0 Å². The number of carbonyl (C=O) groups excluding carboxylic acids is 1. The minimum atomic E-state index is -2.63. The Morgan fingerprint density at radius 1 is 0.838 bits per heavy atom. The molecule has 6 nitrogen and oxygen atoms in total. The van der Waals surface area contributed by atoms with Gasteiger partial charge in [-0.1, -0.05) is 91.0 Å². The summed E-state index contributed by atoms with van der Waals surface area (Å²) in [7, 11) is 0. The smallest absolute Gasteiger partial charge is 0.192 e.